The fourth-order valence-corrected chi connectivity index (χ4v) is 3.22. The van der Waals surface area contributed by atoms with Crippen LogP contribution in [0.25, 0.3) is 0 Å². The molecule has 0 aromatic heterocycles. The molecule has 1 aliphatic rings. The van der Waals surface area contributed by atoms with Crippen LogP contribution in [0.15, 0.2) is 24.3 Å². The second-order valence-electron chi connectivity index (χ2n) is 5.99. The zero-order valence-corrected chi connectivity index (χ0v) is 14.7. The van der Waals surface area contributed by atoms with Crippen LogP contribution in [0.2, 0.25) is 0 Å². The number of carbonyl (C=O) groups excluding carboxylic acids is 3. The molecular weight excluding hydrogens is 308 g/mol. The van der Waals surface area contributed by atoms with Crippen LogP contribution in [0.3, 0.4) is 0 Å². The van der Waals surface area contributed by atoms with Crippen LogP contribution in [0.1, 0.15) is 32.3 Å². The maximum Gasteiger partial charge on any atom is 0.240 e. The molecule has 6 heteroatoms. The van der Waals surface area contributed by atoms with E-state index in [1.54, 1.807) is 36.3 Å². The van der Waals surface area contributed by atoms with Crippen molar-refractivity contribution in [3.05, 3.63) is 29.8 Å². The van der Waals surface area contributed by atoms with Crippen molar-refractivity contribution in [1.29, 1.82) is 0 Å². The molecule has 0 N–H and O–H groups in total. The van der Waals surface area contributed by atoms with Gasteiger partial charge in [0.25, 0.3) is 0 Å². The number of imide groups is 1. The lowest BCUT2D eigenvalue weighted by molar-refractivity contribution is -0.141. The van der Waals surface area contributed by atoms with E-state index in [4.69, 9.17) is 4.74 Å². The Morgan fingerprint density at radius 2 is 1.96 bits per heavy atom. The summed E-state index contributed by atoms with van der Waals surface area (Å²) in [5.74, 6) is -0.132. The summed E-state index contributed by atoms with van der Waals surface area (Å²) in [4.78, 5) is 40.5. The molecule has 0 spiro atoms. The first-order chi connectivity index (χ1) is 11.4. The van der Waals surface area contributed by atoms with Gasteiger partial charge in [0.05, 0.1) is 12.5 Å². The molecule has 0 aliphatic carbocycles. The molecular formula is C18H24N2O4. The maximum atomic E-state index is 12.9. The van der Waals surface area contributed by atoms with Crippen LogP contribution in [0.5, 0.6) is 5.75 Å². The molecule has 0 radical (unpaired) electrons. The van der Waals surface area contributed by atoms with E-state index in [1.807, 2.05) is 13.8 Å². The average molecular weight is 332 g/mol. The third kappa shape index (κ3) is 3.00. The third-order valence-corrected chi connectivity index (χ3v) is 4.73. The normalized spacial score (nSPS) is 20.4. The summed E-state index contributed by atoms with van der Waals surface area (Å²) >= 11 is 0. The van der Waals surface area contributed by atoms with Gasteiger partial charge in [-0.25, -0.2) is 0 Å². The fourth-order valence-electron chi connectivity index (χ4n) is 3.22. The number of likely N-dealkylation sites (N-methyl/N-ethyl adjacent to an activating group) is 1. The van der Waals surface area contributed by atoms with Crippen LogP contribution in [-0.2, 0) is 19.8 Å². The van der Waals surface area contributed by atoms with Crippen LogP contribution < -0.4 is 4.74 Å². The van der Waals surface area contributed by atoms with Gasteiger partial charge < -0.3 is 9.64 Å². The van der Waals surface area contributed by atoms with Crippen molar-refractivity contribution in [3.8, 4) is 5.75 Å². The molecule has 1 aliphatic heterocycles. The Kier molecular flexibility index (Phi) is 5.26. The average Bonchev–Trinajstić information content (AvgIpc) is 2.81. The van der Waals surface area contributed by atoms with Crippen LogP contribution in [0, 0.1) is 0 Å². The van der Waals surface area contributed by atoms with Crippen LogP contribution >= 0.6 is 0 Å². The molecule has 1 atom stereocenters. The molecule has 6 nitrogen and oxygen atoms in total. The Bertz CT molecular complexity index is 654. The van der Waals surface area contributed by atoms with Crippen LogP contribution in [-0.4, -0.2) is 54.8 Å². The van der Waals surface area contributed by atoms with Gasteiger partial charge >= 0.3 is 0 Å². The largest absolute Gasteiger partial charge is 0.497 e. The first-order valence-corrected chi connectivity index (χ1v) is 8.13. The van der Waals surface area contributed by atoms with Crippen molar-refractivity contribution in [2.45, 2.75) is 32.1 Å². The lowest BCUT2D eigenvalue weighted by atomic mass is 9.75. The van der Waals surface area contributed by atoms with E-state index in [0.29, 0.717) is 24.4 Å². The standard InChI is InChI=1S/C18H24N2O4/c1-5-20(6-2)16(22)12-18(11-15(21)19(3)17(18)23)13-8-7-9-14(10-13)24-4/h7-10H,5-6,11-12H2,1-4H3. The minimum atomic E-state index is -1.15. The van der Waals surface area contributed by atoms with E-state index in [1.165, 1.54) is 7.05 Å². The van der Waals surface area contributed by atoms with Crippen molar-refractivity contribution in [2.24, 2.45) is 0 Å². The number of nitrogens with zero attached hydrogens (tertiary/aromatic N) is 2. The van der Waals surface area contributed by atoms with Gasteiger partial charge in [-0.2, -0.15) is 0 Å². The first kappa shape index (κ1) is 18.0. The fraction of sp³-hybridized carbons (Fsp3) is 0.500. The molecule has 0 saturated carbocycles. The van der Waals surface area contributed by atoms with Gasteiger partial charge in [-0.05, 0) is 31.5 Å². The number of benzene rings is 1. The summed E-state index contributed by atoms with van der Waals surface area (Å²) in [6.45, 7) is 4.93. The molecule has 1 heterocycles. The number of methoxy groups -OCH3 is 1. The van der Waals surface area contributed by atoms with Crippen molar-refractivity contribution < 1.29 is 19.1 Å². The quantitative estimate of drug-likeness (QED) is 0.742. The van der Waals surface area contributed by atoms with Gasteiger partial charge in [0, 0.05) is 33.0 Å². The Labute approximate surface area is 142 Å². The second kappa shape index (κ2) is 7.03. The van der Waals surface area contributed by atoms with E-state index >= 15 is 0 Å². The third-order valence-electron chi connectivity index (χ3n) is 4.73. The molecule has 24 heavy (non-hydrogen) atoms. The van der Waals surface area contributed by atoms with E-state index in [-0.39, 0.29) is 30.6 Å². The van der Waals surface area contributed by atoms with Crippen molar-refractivity contribution in [2.75, 3.05) is 27.2 Å². The number of rotatable bonds is 6. The second-order valence-corrected chi connectivity index (χ2v) is 5.99. The Morgan fingerprint density at radius 1 is 1.29 bits per heavy atom. The Hall–Kier alpha value is -2.37. The van der Waals surface area contributed by atoms with Gasteiger partial charge in [0.15, 0.2) is 0 Å². The maximum absolute atomic E-state index is 12.9. The molecule has 1 unspecified atom stereocenters. The van der Waals surface area contributed by atoms with E-state index < -0.39 is 5.41 Å². The minimum Gasteiger partial charge on any atom is -0.497 e. The molecule has 0 bridgehead atoms. The lowest BCUT2D eigenvalue weighted by Gasteiger charge is -2.29. The SMILES string of the molecule is CCN(CC)C(=O)CC1(c2cccc(OC)c2)CC(=O)N(C)C1=O. The topological polar surface area (TPSA) is 66.9 Å². The highest BCUT2D eigenvalue weighted by atomic mass is 16.5. The monoisotopic (exact) mass is 332 g/mol. The van der Waals surface area contributed by atoms with Gasteiger partial charge in [0.1, 0.15) is 5.75 Å². The summed E-state index contributed by atoms with van der Waals surface area (Å²) in [6, 6.07) is 7.06. The number of hydrogen-bond acceptors (Lipinski definition) is 4. The number of hydrogen-bond donors (Lipinski definition) is 0. The molecule has 2 rings (SSSR count). The number of amides is 3. The van der Waals surface area contributed by atoms with Gasteiger partial charge in [-0.1, -0.05) is 12.1 Å². The highest BCUT2D eigenvalue weighted by Crippen LogP contribution is 2.40. The number of ether oxygens (including phenoxy) is 1. The Balaban J connectivity index is 2.49. The van der Waals surface area contributed by atoms with E-state index in [0.717, 1.165) is 4.90 Å². The van der Waals surface area contributed by atoms with Crippen molar-refractivity contribution >= 4 is 17.7 Å². The predicted octanol–water partition coefficient (Wildman–Crippen LogP) is 1.58. The molecule has 1 aromatic rings. The zero-order chi connectivity index (χ0) is 17.9. The van der Waals surface area contributed by atoms with E-state index in [2.05, 4.69) is 0 Å². The zero-order valence-electron chi connectivity index (χ0n) is 14.7. The Morgan fingerprint density at radius 3 is 2.46 bits per heavy atom. The minimum absolute atomic E-state index is 0.00249. The van der Waals surface area contributed by atoms with Gasteiger partial charge in [-0.15, -0.1) is 0 Å². The first-order valence-electron chi connectivity index (χ1n) is 8.13. The smallest absolute Gasteiger partial charge is 0.240 e. The molecule has 3 amide bonds. The molecule has 1 aromatic carbocycles. The lowest BCUT2D eigenvalue weighted by Crippen LogP contribution is -2.42. The summed E-state index contributed by atoms with van der Waals surface area (Å²) in [6.07, 6.45) is -0.0146. The van der Waals surface area contributed by atoms with Crippen molar-refractivity contribution in [1.82, 2.24) is 9.80 Å². The van der Waals surface area contributed by atoms with Gasteiger partial charge in [0.2, 0.25) is 17.7 Å². The highest BCUT2D eigenvalue weighted by Gasteiger charge is 2.52. The van der Waals surface area contributed by atoms with Crippen LogP contribution in [0.4, 0.5) is 0 Å². The molecule has 130 valence electrons. The number of carbonyl (C=O) groups is 3. The summed E-state index contributed by atoms with van der Waals surface area (Å²) in [5.41, 5.74) is -0.509. The number of likely N-dealkylation sites (tertiary alicyclic amines) is 1. The van der Waals surface area contributed by atoms with Crippen molar-refractivity contribution in [3.63, 3.8) is 0 Å². The summed E-state index contributed by atoms with van der Waals surface area (Å²) in [7, 11) is 3.01. The van der Waals surface area contributed by atoms with Gasteiger partial charge in [-0.3, -0.25) is 19.3 Å². The molecule has 1 fully saturated rings. The molecule has 1 saturated heterocycles. The predicted molar refractivity (Wildman–Crippen MR) is 89.6 cm³/mol. The highest BCUT2D eigenvalue weighted by molar-refractivity contribution is 6.10. The van der Waals surface area contributed by atoms with E-state index in [9.17, 15) is 14.4 Å². The summed E-state index contributed by atoms with van der Waals surface area (Å²) < 4.78 is 5.24. The summed E-state index contributed by atoms with van der Waals surface area (Å²) in [5, 5.41) is 0.